The maximum absolute atomic E-state index is 11.9. The van der Waals surface area contributed by atoms with E-state index < -0.39 is 0 Å². The van der Waals surface area contributed by atoms with Crippen LogP contribution in [0.3, 0.4) is 0 Å². The van der Waals surface area contributed by atoms with Crippen molar-refractivity contribution >= 4 is 29.0 Å². The van der Waals surface area contributed by atoms with E-state index in [1.54, 1.807) is 36.8 Å². The molecule has 0 aliphatic carbocycles. The molecule has 0 saturated carbocycles. The summed E-state index contributed by atoms with van der Waals surface area (Å²) in [5.41, 5.74) is 6.87. The lowest BCUT2D eigenvalue weighted by Crippen LogP contribution is -2.13. The summed E-state index contributed by atoms with van der Waals surface area (Å²) in [5.74, 6) is 1.08. The van der Waals surface area contributed by atoms with Crippen molar-refractivity contribution in [3.05, 3.63) is 36.8 Å². The second-order valence-electron chi connectivity index (χ2n) is 4.15. The number of methoxy groups -OCH3 is 1. The fourth-order valence-corrected chi connectivity index (χ4v) is 2.40. The molecular formula is C14H16N4O2S. The molecule has 0 aliphatic rings. The molecule has 1 aromatic carbocycles. The second kappa shape index (κ2) is 7.49. The molecule has 1 heterocycles. The number of nitrogens with two attached hydrogens (primary N) is 1. The number of rotatable bonds is 6. The van der Waals surface area contributed by atoms with Crippen molar-refractivity contribution in [2.24, 2.45) is 0 Å². The summed E-state index contributed by atoms with van der Waals surface area (Å²) in [4.78, 5) is 20.0. The van der Waals surface area contributed by atoms with Crippen molar-refractivity contribution in [2.45, 2.75) is 11.4 Å². The Hall–Kier alpha value is -2.28. The average Bonchev–Trinajstić information content (AvgIpc) is 2.50. The van der Waals surface area contributed by atoms with E-state index in [2.05, 4.69) is 15.3 Å². The second-order valence-corrected chi connectivity index (χ2v) is 5.27. The molecule has 7 heteroatoms. The Labute approximate surface area is 127 Å². The summed E-state index contributed by atoms with van der Waals surface area (Å²) in [5, 5.41) is 3.61. The molecule has 0 fully saturated rings. The van der Waals surface area contributed by atoms with Crippen LogP contribution in [0.4, 0.5) is 11.4 Å². The number of nitrogens with zero attached hydrogens (tertiary/aromatic N) is 2. The zero-order valence-electron chi connectivity index (χ0n) is 11.6. The van der Waals surface area contributed by atoms with E-state index >= 15 is 0 Å². The Morgan fingerprint density at radius 3 is 3.00 bits per heavy atom. The van der Waals surface area contributed by atoms with Gasteiger partial charge in [0.25, 0.3) is 0 Å². The third-order valence-electron chi connectivity index (χ3n) is 2.62. The van der Waals surface area contributed by atoms with Gasteiger partial charge in [-0.15, -0.1) is 11.8 Å². The Balaban J connectivity index is 1.85. The zero-order valence-corrected chi connectivity index (χ0v) is 12.4. The van der Waals surface area contributed by atoms with Gasteiger partial charge in [-0.2, -0.15) is 0 Å². The number of hydrogen-bond acceptors (Lipinski definition) is 6. The van der Waals surface area contributed by atoms with E-state index in [1.165, 1.54) is 18.9 Å². The van der Waals surface area contributed by atoms with Gasteiger partial charge in [-0.25, -0.2) is 4.98 Å². The van der Waals surface area contributed by atoms with Gasteiger partial charge in [-0.1, -0.05) is 0 Å². The summed E-state index contributed by atoms with van der Waals surface area (Å²) >= 11 is 1.49. The number of anilines is 2. The van der Waals surface area contributed by atoms with Crippen LogP contribution in [0, 0.1) is 0 Å². The van der Waals surface area contributed by atoms with E-state index in [9.17, 15) is 4.79 Å². The van der Waals surface area contributed by atoms with Gasteiger partial charge in [0.05, 0.1) is 19.0 Å². The first-order valence-corrected chi connectivity index (χ1v) is 7.30. The highest BCUT2D eigenvalue weighted by Gasteiger charge is 2.08. The fourth-order valence-electron chi connectivity index (χ4n) is 1.63. The number of aromatic nitrogens is 2. The number of amides is 1. The van der Waals surface area contributed by atoms with Crippen molar-refractivity contribution in [1.82, 2.24) is 9.97 Å². The summed E-state index contributed by atoms with van der Waals surface area (Å²) in [6, 6.07) is 5.11. The number of carbonyl (C=O) groups excluding carboxylic acids is 1. The molecule has 1 amide bonds. The number of ether oxygens (including phenoxy) is 1. The molecular weight excluding hydrogens is 288 g/mol. The first-order valence-electron chi connectivity index (χ1n) is 6.31. The van der Waals surface area contributed by atoms with Crippen molar-refractivity contribution < 1.29 is 9.53 Å². The lowest BCUT2D eigenvalue weighted by atomic mass is 10.2. The molecule has 110 valence electrons. The predicted molar refractivity (Wildman–Crippen MR) is 83.4 cm³/mol. The first kappa shape index (κ1) is 15.1. The lowest BCUT2D eigenvalue weighted by Gasteiger charge is -2.10. The fraction of sp³-hybridized carbons (Fsp3) is 0.214. The molecule has 0 radical (unpaired) electrons. The minimum atomic E-state index is -0.0885. The molecule has 21 heavy (non-hydrogen) atoms. The molecule has 3 N–H and O–H groups in total. The Morgan fingerprint density at radius 1 is 1.43 bits per heavy atom. The van der Waals surface area contributed by atoms with Crippen LogP contribution in [0.5, 0.6) is 5.75 Å². The predicted octanol–water partition coefficient (Wildman–Crippen LogP) is 2.19. The summed E-state index contributed by atoms with van der Waals surface area (Å²) in [6.07, 6.45) is 5.28. The van der Waals surface area contributed by atoms with Gasteiger partial charge in [0.2, 0.25) is 5.91 Å². The minimum Gasteiger partial charge on any atom is -0.494 e. The molecule has 0 spiro atoms. The SMILES string of the molecule is COc1cc(N)ccc1NC(=O)CCSc1cnccn1. The van der Waals surface area contributed by atoms with Gasteiger partial charge in [0.15, 0.2) is 0 Å². The molecule has 6 nitrogen and oxygen atoms in total. The van der Waals surface area contributed by atoms with Gasteiger partial charge in [-0.3, -0.25) is 9.78 Å². The van der Waals surface area contributed by atoms with Crippen molar-refractivity contribution in [3.63, 3.8) is 0 Å². The van der Waals surface area contributed by atoms with Crippen LogP contribution < -0.4 is 15.8 Å². The summed E-state index contributed by atoms with van der Waals surface area (Å²) in [7, 11) is 1.54. The van der Waals surface area contributed by atoms with E-state index in [4.69, 9.17) is 10.5 Å². The van der Waals surface area contributed by atoms with Crippen LogP contribution in [-0.4, -0.2) is 28.7 Å². The van der Waals surface area contributed by atoms with Gasteiger partial charge in [0, 0.05) is 36.3 Å². The Bertz CT molecular complexity index is 607. The highest BCUT2D eigenvalue weighted by Crippen LogP contribution is 2.26. The quantitative estimate of drug-likeness (QED) is 0.628. The van der Waals surface area contributed by atoms with Gasteiger partial charge in [0.1, 0.15) is 10.8 Å². The third-order valence-corrected chi connectivity index (χ3v) is 3.53. The average molecular weight is 304 g/mol. The van der Waals surface area contributed by atoms with E-state index in [1.807, 2.05) is 0 Å². The highest BCUT2D eigenvalue weighted by atomic mass is 32.2. The standard InChI is InChI=1S/C14H16N4O2S/c1-20-12-8-10(15)2-3-11(12)18-13(19)4-7-21-14-9-16-5-6-17-14/h2-3,5-6,8-9H,4,7,15H2,1H3,(H,18,19). The van der Waals surface area contributed by atoms with Crippen LogP contribution in [0.1, 0.15) is 6.42 Å². The lowest BCUT2D eigenvalue weighted by molar-refractivity contribution is -0.115. The molecule has 1 aromatic heterocycles. The topological polar surface area (TPSA) is 90.1 Å². The van der Waals surface area contributed by atoms with Gasteiger partial charge >= 0.3 is 0 Å². The number of nitrogens with one attached hydrogen (secondary N) is 1. The van der Waals surface area contributed by atoms with Crippen molar-refractivity contribution in [1.29, 1.82) is 0 Å². The Kier molecular flexibility index (Phi) is 5.39. The molecule has 0 saturated heterocycles. The van der Waals surface area contributed by atoms with Crippen LogP contribution in [0.2, 0.25) is 0 Å². The maximum atomic E-state index is 11.9. The van der Waals surface area contributed by atoms with E-state index in [0.29, 0.717) is 29.3 Å². The largest absolute Gasteiger partial charge is 0.494 e. The maximum Gasteiger partial charge on any atom is 0.225 e. The number of hydrogen-bond donors (Lipinski definition) is 2. The third kappa shape index (κ3) is 4.64. The van der Waals surface area contributed by atoms with E-state index in [0.717, 1.165) is 5.03 Å². The van der Waals surface area contributed by atoms with Crippen molar-refractivity contribution in [2.75, 3.05) is 23.9 Å². The van der Waals surface area contributed by atoms with Crippen LogP contribution >= 0.6 is 11.8 Å². The van der Waals surface area contributed by atoms with Crippen molar-refractivity contribution in [3.8, 4) is 5.75 Å². The minimum absolute atomic E-state index is 0.0885. The number of carbonyl (C=O) groups is 1. The number of nitrogen functional groups attached to an aromatic ring is 1. The smallest absolute Gasteiger partial charge is 0.225 e. The molecule has 0 unspecified atom stereocenters. The van der Waals surface area contributed by atoms with Gasteiger partial charge < -0.3 is 15.8 Å². The normalized spacial score (nSPS) is 10.1. The molecule has 0 bridgehead atoms. The first-order chi connectivity index (χ1) is 10.2. The number of benzene rings is 1. The molecule has 0 aliphatic heterocycles. The van der Waals surface area contributed by atoms with Gasteiger partial charge in [-0.05, 0) is 12.1 Å². The Morgan fingerprint density at radius 2 is 2.29 bits per heavy atom. The monoisotopic (exact) mass is 304 g/mol. The summed E-state index contributed by atoms with van der Waals surface area (Å²) in [6.45, 7) is 0. The van der Waals surface area contributed by atoms with Crippen LogP contribution in [0.25, 0.3) is 0 Å². The summed E-state index contributed by atoms with van der Waals surface area (Å²) < 4.78 is 5.18. The zero-order chi connectivity index (χ0) is 15.1. The molecule has 2 aromatic rings. The van der Waals surface area contributed by atoms with Crippen LogP contribution in [0.15, 0.2) is 41.8 Å². The van der Waals surface area contributed by atoms with Crippen LogP contribution in [-0.2, 0) is 4.79 Å². The number of thioether (sulfide) groups is 1. The van der Waals surface area contributed by atoms with E-state index in [-0.39, 0.29) is 5.91 Å². The molecule has 2 rings (SSSR count). The highest BCUT2D eigenvalue weighted by molar-refractivity contribution is 7.99. The molecule has 0 atom stereocenters.